The SMILES string of the molecule is CCCCCCCCC#Cc1ccc(-c2ccc(-c3cc(OCC(CC)CCCC)c(-c4ccc(-c5cccc(O[P+](=O)O)c5)s4)cc3OC)s2)s1. The molecule has 2 unspecified atom stereocenters. The lowest BCUT2D eigenvalue weighted by molar-refractivity contribution is 0.234. The number of ether oxygens (including phenoxy) is 2. The summed E-state index contributed by atoms with van der Waals surface area (Å²) in [6, 6.07) is 24.4. The molecule has 0 aliphatic heterocycles. The third kappa shape index (κ3) is 11.3. The Kier molecular flexibility index (Phi) is 15.8. The Hall–Kier alpha value is -3.44. The van der Waals surface area contributed by atoms with Crippen LogP contribution in [0.25, 0.3) is 41.1 Å². The number of thiophene rings is 3. The quantitative estimate of drug-likeness (QED) is 0.0485. The number of rotatable bonds is 20. The van der Waals surface area contributed by atoms with Crippen molar-refractivity contribution in [3.63, 3.8) is 0 Å². The van der Waals surface area contributed by atoms with Gasteiger partial charge in [-0.05, 0) is 85.0 Å². The summed E-state index contributed by atoms with van der Waals surface area (Å²) in [5.41, 5.74) is 2.90. The van der Waals surface area contributed by atoms with Crippen LogP contribution in [0.15, 0.2) is 72.8 Å². The number of benzene rings is 2. The lowest BCUT2D eigenvalue weighted by Crippen LogP contribution is -2.11. The van der Waals surface area contributed by atoms with Crippen LogP contribution in [-0.2, 0) is 4.57 Å². The van der Waals surface area contributed by atoms with Crippen molar-refractivity contribution in [2.24, 2.45) is 5.92 Å². The fourth-order valence-corrected chi connectivity index (χ4v) is 9.38. The van der Waals surface area contributed by atoms with Crippen molar-refractivity contribution in [2.75, 3.05) is 13.7 Å². The summed E-state index contributed by atoms with van der Waals surface area (Å²) in [5, 5.41) is 0. The average Bonchev–Trinajstić information content (AvgIpc) is 3.94. The third-order valence-electron chi connectivity index (χ3n) is 9.08. The first-order valence-electron chi connectivity index (χ1n) is 18.5. The molecule has 0 fully saturated rings. The summed E-state index contributed by atoms with van der Waals surface area (Å²) in [7, 11) is -1.01. The first-order valence-corrected chi connectivity index (χ1v) is 22.1. The molecule has 0 saturated carbocycles. The molecule has 3 aromatic heterocycles. The maximum absolute atomic E-state index is 11.3. The lowest BCUT2D eigenvalue weighted by Gasteiger charge is -2.19. The van der Waals surface area contributed by atoms with Crippen LogP contribution in [0.5, 0.6) is 17.2 Å². The summed E-state index contributed by atoms with van der Waals surface area (Å²) in [6.45, 7) is 7.38. The highest BCUT2D eigenvalue weighted by atomic mass is 32.1. The predicted molar refractivity (Wildman–Crippen MR) is 222 cm³/mol. The zero-order valence-electron chi connectivity index (χ0n) is 30.7. The standard InChI is InChI=1S/C43H49O5PS3/c1-5-8-10-11-12-13-14-15-20-34-21-22-42(50-34)43-26-25-40(52-43)35-29-38(47-30-31(7-3)17-9-6-2)36(28-37(35)46-4)41-24-23-39(51-41)32-18-16-19-33(27-32)48-49(44)45/h16,18-19,21-29,31H,5-14,17,30H2,1-4H3/p+1. The van der Waals surface area contributed by atoms with Crippen LogP contribution in [0.2, 0.25) is 0 Å². The molecular formula is C43H50O5PS3+. The van der Waals surface area contributed by atoms with Gasteiger partial charge in [0.2, 0.25) is 0 Å². The highest BCUT2D eigenvalue weighted by molar-refractivity contribution is 7.32. The molecule has 0 amide bonds. The van der Waals surface area contributed by atoms with Gasteiger partial charge in [0.1, 0.15) is 11.5 Å². The second-order valence-corrected chi connectivity index (χ2v) is 16.9. The normalized spacial score (nSPS) is 11.9. The maximum atomic E-state index is 11.3. The van der Waals surface area contributed by atoms with Gasteiger partial charge in [-0.3, -0.25) is 0 Å². The zero-order chi connectivity index (χ0) is 36.7. The number of hydrogen-bond acceptors (Lipinski definition) is 7. The van der Waals surface area contributed by atoms with Crippen molar-refractivity contribution in [3.05, 3.63) is 77.7 Å². The van der Waals surface area contributed by atoms with E-state index in [0.29, 0.717) is 18.3 Å². The summed E-state index contributed by atoms with van der Waals surface area (Å²) < 4.78 is 29.1. The van der Waals surface area contributed by atoms with E-state index < -0.39 is 8.25 Å². The molecule has 5 rings (SSSR count). The highest BCUT2D eigenvalue weighted by Crippen LogP contribution is 2.47. The maximum Gasteiger partial charge on any atom is 0.747 e. The third-order valence-corrected chi connectivity index (χ3v) is 12.9. The van der Waals surface area contributed by atoms with Crippen LogP contribution in [0, 0.1) is 17.8 Å². The van der Waals surface area contributed by atoms with E-state index in [1.54, 1.807) is 53.3 Å². The summed E-state index contributed by atoms with van der Waals surface area (Å²) in [5.74, 6) is 9.25. The molecule has 9 heteroatoms. The second kappa shape index (κ2) is 20.7. The van der Waals surface area contributed by atoms with Crippen LogP contribution in [0.4, 0.5) is 0 Å². The van der Waals surface area contributed by atoms with Gasteiger partial charge < -0.3 is 9.47 Å². The van der Waals surface area contributed by atoms with Gasteiger partial charge in [0.15, 0.2) is 5.75 Å². The van der Waals surface area contributed by atoms with Crippen molar-refractivity contribution in [1.82, 2.24) is 0 Å². The Labute approximate surface area is 323 Å². The fraction of sp³-hybridized carbons (Fsp3) is 0.395. The van der Waals surface area contributed by atoms with Gasteiger partial charge in [0.05, 0.1) is 18.6 Å². The van der Waals surface area contributed by atoms with Gasteiger partial charge in [0.25, 0.3) is 0 Å². The Bertz CT molecular complexity index is 1940. The number of unbranched alkanes of at least 4 members (excludes halogenated alkanes) is 7. The topological polar surface area (TPSA) is 65.0 Å². The molecular weight excluding hydrogens is 724 g/mol. The van der Waals surface area contributed by atoms with Crippen LogP contribution >= 0.6 is 42.3 Å². The molecule has 0 spiro atoms. The molecule has 274 valence electrons. The van der Waals surface area contributed by atoms with Gasteiger partial charge in [-0.2, -0.15) is 0 Å². The first-order chi connectivity index (χ1) is 25.4. The molecule has 0 bridgehead atoms. The molecule has 5 nitrogen and oxygen atoms in total. The zero-order valence-corrected chi connectivity index (χ0v) is 34.1. The Morgan fingerprint density at radius 2 is 1.38 bits per heavy atom. The molecule has 3 heterocycles. The number of methoxy groups -OCH3 is 1. The van der Waals surface area contributed by atoms with Gasteiger partial charge >= 0.3 is 8.25 Å². The second-order valence-electron chi connectivity index (χ2n) is 12.9. The average molecular weight is 774 g/mol. The van der Waals surface area contributed by atoms with Gasteiger partial charge in [-0.25, -0.2) is 4.52 Å². The summed E-state index contributed by atoms with van der Waals surface area (Å²) >= 11 is 5.15. The van der Waals surface area contributed by atoms with Crippen molar-refractivity contribution >= 4 is 42.3 Å². The first kappa shape index (κ1) is 39.8. The summed E-state index contributed by atoms with van der Waals surface area (Å²) in [4.78, 5) is 16.0. The van der Waals surface area contributed by atoms with E-state index in [1.165, 1.54) is 61.1 Å². The Morgan fingerprint density at radius 3 is 2.13 bits per heavy atom. The van der Waals surface area contributed by atoms with Gasteiger partial charge in [-0.15, -0.1) is 38.9 Å². The van der Waals surface area contributed by atoms with Gasteiger partial charge in [-0.1, -0.05) is 96.1 Å². The minimum Gasteiger partial charge on any atom is -0.496 e. The van der Waals surface area contributed by atoms with E-state index in [0.717, 1.165) is 67.0 Å². The van der Waals surface area contributed by atoms with Crippen LogP contribution in [0.1, 0.15) is 96.3 Å². The summed E-state index contributed by atoms with van der Waals surface area (Å²) in [6.07, 6.45) is 13.3. The molecule has 52 heavy (non-hydrogen) atoms. The van der Waals surface area contributed by atoms with E-state index in [9.17, 15) is 9.46 Å². The van der Waals surface area contributed by atoms with E-state index in [4.69, 9.17) is 14.0 Å². The van der Waals surface area contributed by atoms with Crippen LogP contribution in [0.3, 0.4) is 0 Å². The minimum absolute atomic E-state index is 0.356. The lowest BCUT2D eigenvalue weighted by atomic mass is 10.0. The van der Waals surface area contributed by atoms with Gasteiger partial charge in [0, 0.05) is 46.5 Å². The smallest absolute Gasteiger partial charge is 0.496 e. The predicted octanol–water partition coefficient (Wildman–Crippen LogP) is 14.3. The molecule has 0 aliphatic carbocycles. The largest absolute Gasteiger partial charge is 0.747 e. The molecule has 0 radical (unpaired) electrons. The number of hydrogen-bond donors (Lipinski definition) is 1. The minimum atomic E-state index is -2.73. The molecule has 1 N–H and O–H groups in total. The molecule has 0 saturated heterocycles. The van der Waals surface area contributed by atoms with Crippen molar-refractivity contribution in [3.8, 4) is 70.2 Å². The monoisotopic (exact) mass is 773 g/mol. The van der Waals surface area contributed by atoms with E-state index in [-0.39, 0.29) is 0 Å². The Morgan fingerprint density at radius 1 is 0.731 bits per heavy atom. The molecule has 5 aromatic rings. The van der Waals surface area contributed by atoms with Crippen molar-refractivity contribution < 1.29 is 23.5 Å². The highest BCUT2D eigenvalue weighted by Gasteiger charge is 2.20. The fourth-order valence-electron chi connectivity index (χ4n) is 6.07. The van der Waals surface area contributed by atoms with Crippen molar-refractivity contribution in [1.29, 1.82) is 0 Å². The van der Waals surface area contributed by atoms with Crippen LogP contribution in [-0.4, -0.2) is 18.6 Å². The van der Waals surface area contributed by atoms with E-state index >= 15 is 0 Å². The van der Waals surface area contributed by atoms with E-state index in [1.807, 2.05) is 12.1 Å². The molecule has 0 aliphatic rings. The Balaban J connectivity index is 1.40. The van der Waals surface area contributed by atoms with Crippen LogP contribution < -0.4 is 14.0 Å². The van der Waals surface area contributed by atoms with E-state index in [2.05, 4.69) is 81.1 Å². The molecule has 2 aromatic carbocycles. The molecule has 2 atom stereocenters. The van der Waals surface area contributed by atoms with Crippen molar-refractivity contribution in [2.45, 2.75) is 91.4 Å².